The Morgan fingerprint density at radius 1 is 1.35 bits per heavy atom. The van der Waals surface area contributed by atoms with Crippen LogP contribution in [0.1, 0.15) is 27.2 Å². The van der Waals surface area contributed by atoms with Gasteiger partial charge in [-0.05, 0) is 6.92 Å². The van der Waals surface area contributed by atoms with Crippen molar-refractivity contribution in [3.63, 3.8) is 0 Å². The van der Waals surface area contributed by atoms with Gasteiger partial charge in [-0.1, -0.05) is 6.92 Å². The van der Waals surface area contributed by atoms with Gasteiger partial charge in [0.15, 0.2) is 0 Å². The Morgan fingerprint density at radius 3 is 2.35 bits per heavy atom. The Labute approximate surface area is 101 Å². The van der Waals surface area contributed by atoms with Gasteiger partial charge in [0.2, 0.25) is 11.8 Å². The summed E-state index contributed by atoms with van der Waals surface area (Å²) in [6.45, 7) is 5.69. The van der Waals surface area contributed by atoms with Crippen LogP contribution >= 0.6 is 0 Å². The van der Waals surface area contributed by atoms with Crippen molar-refractivity contribution >= 4 is 17.8 Å². The van der Waals surface area contributed by atoms with Crippen LogP contribution in [0.2, 0.25) is 0 Å². The first-order valence-electron chi connectivity index (χ1n) is 5.63. The second-order valence-electron chi connectivity index (χ2n) is 3.90. The molecule has 1 unspecified atom stereocenters. The maximum absolute atomic E-state index is 11.7. The smallest absolute Gasteiger partial charge is 0.308 e. The Balaban J connectivity index is 4.12. The molecule has 2 N–H and O–H groups in total. The number of amides is 2. The number of aliphatic carboxylic acids is 1. The van der Waals surface area contributed by atoms with Crippen LogP contribution in [-0.2, 0) is 14.4 Å². The summed E-state index contributed by atoms with van der Waals surface area (Å²) in [5.74, 6) is -1.83. The first kappa shape index (κ1) is 15.4. The lowest BCUT2D eigenvalue weighted by Gasteiger charge is -2.22. The van der Waals surface area contributed by atoms with Gasteiger partial charge in [0, 0.05) is 33.0 Å². The number of carbonyl (C=O) groups excluding carboxylic acids is 2. The molecule has 0 aromatic carbocycles. The van der Waals surface area contributed by atoms with Gasteiger partial charge in [-0.15, -0.1) is 0 Å². The van der Waals surface area contributed by atoms with Crippen molar-refractivity contribution in [1.29, 1.82) is 0 Å². The van der Waals surface area contributed by atoms with E-state index in [1.165, 1.54) is 11.8 Å². The van der Waals surface area contributed by atoms with Gasteiger partial charge in [0.05, 0.1) is 5.92 Å². The fourth-order valence-electron chi connectivity index (χ4n) is 1.32. The van der Waals surface area contributed by atoms with E-state index in [-0.39, 0.29) is 31.3 Å². The van der Waals surface area contributed by atoms with E-state index in [0.717, 1.165) is 0 Å². The van der Waals surface area contributed by atoms with E-state index < -0.39 is 11.9 Å². The number of carbonyl (C=O) groups is 3. The van der Waals surface area contributed by atoms with Crippen LogP contribution < -0.4 is 5.32 Å². The molecule has 0 heterocycles. The molecular formula is C11H20N2O4. The van der Waals surface area contributed by atoms with E-state index in [9.17, 15) is 14.4 Å². The number of nitrogens with zero attached hydrogens (tertiary/aromatic N) is 1. The molecule has 0 saturated heterocycles. The molecule has 1 atom stereocenters. The van der Waals surface area contributed by atoms with Gasteiger partial charge in [0.1, 0.15) is 0 Å². The molecule has 0 rings (SSSR count). The molecule has 6 nitrogen and oxygen atoms in total. The van der Waals surface area contributed by atoms with E-state index in [1.54, 1.807) is 13.8 Å². The summed E-state index contributed by atoms with van der Waals surface area (Å²) in [7, 11) is 0. The molecule has 0 radical (unpaired) electrons. The molecular weight excluding hydrogens is 224 g/mol. The summed E-state index contributed by atoms with van der Waals surface area (Å²) < 4.78 is 0. The molecule has 0 aromatic rings. The molecule has 98 valence electrons. The van der Waals surface area contributed by atoms with Crippen LogP contribution in [0.15, 0.2) is 0 Å². The molecule has 6 heteroatoms. The molecule has 0 aliphatic carbocycles. The van der Waals surface area contributed by atoms with E-state index in [2.05, 4.69) is 5.32 Å². The molecule has 0 aliphatic rings. The van der Waals surface area contributed by atoms with Gasteiger partial charge < -0.3 is 15.3 Å². The third-order valence-corrected chi connectivity index (χ3v) is 2.36. The maximum atomic E-state index is 11.7. The van der Waals surface area contributed by atoms with E-state index in [0.29, 0.717) is 6.54 Å². The largest absolute Gasteiger partial charge is 0.481 e. The quantitative estimate of drug-likeness (QED) is 0.664. The highest BCUT2D eigenvalue weighted by Crippen LogP contribution is 2.02. The van der Waals surface area contributed by atoms with Gasteiger partial charge in [-0.2, -0.15) is 0 Å². The normalized spacial score (nSPS) is 11.7. The summed E-state index contributed by atoms with van der Waals surface area (Å²) in [4.78, 5) is 34.5. The minimum absolute atomic E-state index is 0.144. The second-order valence-corrected chi connectivity index (χ2v) is 3.90. The highest BCUT2D eigenvalue weighted by atomic mass is 16.4. The molecule has 0 saturated carbocycles. The van der Waals surface area contributed by atoms with E-state index >= 15 is 0 Å². The van der Waals surface area contributed by atoms with Crippen LogP contribution in [0.25, 0.3) is 0 Å². The summed E-state index contributed by atoms with van der Waals surface area (Å²) in [6.07, 6.45) is 0.194. The predicted octanol–water partition coefficient (Wildman–Crippen LogP) is 0.0818. The van der Waals surface area contributed by atoms with Crippen molar-refractivity contribution in [2.45, 2.75) is 27.2 Å². The number of hydrogen-bond donors (Lipinski definition) is 2. The first-order valence-corrected chi connectivity index (χ1v) is 5.63. The van der Waals surface area contributed by atoms with Crippen LogP contribution in [0.3, 0.4) is 0 Å². The topological polar surface area (TPSA) is 86.7 Å². The highest BCUT2D eigenvalue weighted by Gasteiger charge is 2.18. The van der Waals surface area contributed by atoms with Gasteiger partial charge in [-0.3, -0.25) is 14.4 Å². The molecule has 17 heavy (non-hydrogen) atoms. The van der Waals surface area contributed by atoms with Crippen LogP contribution in [0, 0.1) is 5.92 Å². The predicted molar refractivity (Wildman–Crippen MR) is 62.4 cm³/mol. The number of carboxylic acids is 1. The lowest BCUT2D eigenvalue weighted by atomic mass is 10.1. The number of rotatable bonds is 7. The van der Waals surface area contributed by atoms with Crippen molar-refractivity contribution in [2.24, 2.45) is 5.92 Å². The zero-order chi connectivity index (χ0) is 13.4. The highest BCUT2D eigenvalue weighted by molar-refractivity contribution is 5.79. The van der Waals surface area contributed by atoms with Gasteiger partial charge >= 0.3 is 5.97 Å². The molecule has 0 bridgehead atoms. The minimum atomic E-state index is -0.918. The number of carboxylic acid groups (broad SMARTS) is 1. The van der Waals surface area contributed by atoms with Crippen molar-refractivity contribution in [1.82, 2.24) is 10.2 Å². The zero-order valence-corrected chi connectivity index (χ0v) is 10.5. The van der Waals surface area contributed by atoms with Crippen molar-refractivity contribution in [3.8, 4) is 0 Å². The second kappa shape index (κ2) is 7.65. The van der Waals surface area contributed by atoms with Crippen molar-refractivity contribution in [2.75, 3.05) is 19.6 Å². The standard InChI is InChI=1S/C11H20N2O4/c1-4-13(7-8(2)11(16)17)10(15)5-6-12-9(3)14/h8H,4-7H2,1-3H3,(H,12,14)(H,16,17). The molecule has 0 spiro atoms. The van der Waals surface area contributed by atoms with Crippen LogP contribution in [0.5, 0.6) is 0 Å². The average molecular weight is 244 g/mol. The Hall–Kier alpha value is -1.59. The Morgan fingerprint density at radius 2 is 1.94 bits per heavy atom. The fraction of sp³-hybridized carbons (Fsp3) is 0.727. The fourth-order valence-corrected chi connectivity index (χ4v) is 1.32. The molecule has 2 amide bonds. The minimum Gasteiger partial charge on any atom is -0.481 e. The van der Waals surface area contributed by atoms with Crippen LogP contribution in [0.4, 0.5) is 0 Å². The maximum Gasteiger partial charge on any atom is 0.308 e. The molecule has 0 aromatic heterocycles. The molecule has 0 fully saturated rings. The Kier molecular flexibility index (Phi) is 6.93. The lowest BCUT2D eigenvalue weighted by Crippen LogP contribution is -2.38. The van der Waals surface area contributed by atoms with Crippen molar-refractivity contribution in [3.05, 3.63) is 0 Å². The SMILES string of the molecule is CCN(CC(C)C(=O)O)C(=O)CCNC(C)=O. The van der Waals surface area contributed by atoms with Crippen LogP contribution in [-0.4, -0.2) is 47.4 Å². The first-order chi connectivity index (χ1) is 7.88. The summed E-state index contributed by atoms with van der Waals surface area (Å²) in [6, 6.07) is 0. The number of hydrogen-bond acceptors (Lipinski definition) is 3. The molecule has 0 aliphatic heterocycles. The van der Waals surface area contributed by atoms with Crippen molar-refractivity contribution < 1.29 is 19.5 Å². The van der Waals surface area contributed by atoms with Gasteiger partial charge in [-0.25, -0.2) is 0 Å². The average Bonchev–Trinajstić information content (AvgIpc) is 2.24. The summed E-state index contributed by atoms with van der Waals surface area (Å²) in [5, 5.41) is 11.3. The third-order valence-electron chi connectivity index (χ3n) is 2.36. The third kappa shape index (κ3) is 6.55. The van der Waals surface area contributed by atoms with E-state index in [1.807, 2.05) is 0 Å². The Bertz CT molecular complexity index is 291. The van der Waals surface area contributed by atoms with Gasteiger partial charge in [0.25, 0.3) is 0 Å². The lowest BCUT2D eigenvalue weighted by molar-refractivity contribution is -0.143. The summed E-state index contributed by atoms with van der Waals surface area (Å²) in [5.41, 5.74) is 0. The number of nitrogens with one attached hydrogen (secondary N) is 1. The monoisotopic (exact) mass is 244 g/mol. The zero-order valence-electron chi connectivity index (χ0n) is 10.5. The summed E-state index contributed by atoms with van der Waals surface area (Å²) >= 11 is 0. The van der Waals surface area contributed by atoms with E-state index in [4.69, 9.17) is 5.11 Å².